The summed E-state index contributed by atoms with van der Waals surface area (Å²) < 4.78 is 10.8. The van der Waals surface area contributed by atoms with Gasteiger partial charge in [-0.15, -0.1) is 0 Å². The Hall–Kier alpha value is -1.86. The second-order valence-electron chi connectivity index (χ2n) is 6.89. The summed E-state index contributed by atoms with van der Waals surface area (Å²) in [6.45, 7) is 7.11. The lowest BCUT2D eigenvalue weighted by Gasteiger charge is -2.34. The molecule has 0 saturated carbocycles. The summed E-state index contributed by atoms with van der Waals surface area (Å²) in [5.41, 5.74) is 0.597. The van der Waals surface area contributed by atoms with Crippen molar-refractivity contribution < 1.29 is 18.7 Å². The van der Waals surface area contributed by atoms with Crippen LogP contribution in [0.25, 0.3) is 0 Å². The maximum atomic E-state index is 12.4. The molecule has 0 radical (unpaired) electrons. The first-order chi connectivity index (χ1) is 12.0. The predicted octanol–water partition coefficient (Wildman–Crippen LogP) is 0.996. The van der Waals surface area contributed by atoms with Gasteiger partial charge in [0.25, 0.3) is 5.91 Å². The third kappa shape index (κ3) is 4.61. The van der Waals surface area contributed by atoms with E-state index in [1.807, 2.05) is 11.8 Å². The van der Waals surface area contributed by atoms with E-state index in [2.05, 4.69) is 10.6 Å². The van der Waals surface area contributed by atoms with Crippen LogP contribution in [0.3, 0.4) is 0 Å². The minimum atomic E-state index is -0.0947. The van der Waals surface area contributed by atoms with E-state index in [0.717, 1.165) is 25.1 Å². The number of hydrogen-bond donors (Lipinski definition) is 2. The van der Waals surface area contributed by atoms with E-state index in [1.54, 1.807) is 13.0 Å². The van der Waals surface area contributed by atoms with Gasteiger partial charge in [-0.2, -0.15) is 0 Å². The fourth-order valence-electron chi connectivity index (χ4n) is 3.48. The van der Waals surface area contributed by atoms with Crippen molar-refractivity contribution in [3.63, 3.8) is 0 Å². The number of likely N-dealkylation sites (tertiary alicyclic amines) is 1. The van der Waals surface area contributed by atoms with Gasteiger partial charge in [-0.25, -0.2) is 0 Å². The van der Waals surface area contributed by atoms with Crippen LogP contribution in [0.4, 0.5) is 0 Å². The Morgan fingerprint density at radius 3 is 2.68 bits per heavy atom. The van der Waals surface area contributed by atoms with Crippen molar-refractivity contribution >= 4 is 11.8 Å². The predicted molar refractivity (Wildman–Crippen MR) is 92.5 cm³/mol. The summed E-state index contributed by atoms with van der Waals surface area (Å²) in [6.07, 6.45) is 2.04. The Morgan fingerprint density at radius 2 is 2.08 bits per heavy atom. The molecule has 7 heteroatoms. The molecule has 1 unspecified atom stereocenters. The molecule has 2 aliphatic rings. The third-order valence-corrected chi connectivity index (χ3v) is 4.89. The fourth-order valence-corrected chi connectivity index (χ4v) is 3.48. The van der Waals surface area contributed by atoms with Crippen LogP contribution >= 0.6 is 0 Å². The smallest absolute Gasteiger partial charge is 0.255 e. The number of hydrogen-bond acceptors (Lipinski definition) is 5. The van der Waals surface area contributed by atoms with Crippen LogP contribution < -0.4 is 10.6 Å². The van der Waals surface area contributed by atoms with Gasteiger partial charge in [0.2, 0.25) is 5.91 Å². The highest BCUT2D eigenvalue weighted by Crippen LogP contribution is 2.16. The molecule has 2 N–H and O–H groups in total. The van der Waals surface area contributed by atoms with Gasteiger partial charge in [-0.3, -0.25) is 9.59 Å². The molecule has 2 aliphatic heterocycles. The van der Waals surface area contributed by atoms with Gasteiger partial charge < -0.3 is 24.7 Å². The number of piperidine rings is 1. The van der Waals surface area contributed by atoms with Crippen molar-refractivity contribution in [1.82, 2.24) is 15.5 Å². The number of carbonyl (C=O) groups excluding carboxylic acids is 2. The quantitative estimate of drug-likeness (QED) is 0.847. The first kappa shape index (κ1) is 17.9. The van der Waals surface area contributed by atoms with E-state index in [1.165, 1.54) is 0 Å². The monoisotopic (exact) mass is 349 g/mol. The lowest BCUT2D eigenvalue weighted by Crippen LogP contribution is -2.49. The summed E-state index contributed by atoms with van der Waals surface area (Å²) in [4.78, 5) is 26.6. The second kappa shape index (κ2) is 8.01. The lowest BCUT2D eigenvalue weighted by molar-refractivity contribution is -0.133. The number of nitrogens with one attached hydrogen (secondary N) is 2. The number of carbonyl (C=O) groups is 2. The van der Waals surface area contributed by atoms with Crippen LogP contribution in [-0.2, 0) is 9.53 Å². The second-order valence-corrected chi connectivity index (χ2v) is 6.89. The SMILES string of the molecule is Cc1cc(C(=O)NC2CCN(C(=O)CC3COCCN3)CC2)c(C)o1. The highest BCUT2D eigenvalue weighted by atomic mass is 16.5. The molecule has 0 aromatic carbocycles. The first-order valence-electron chi connectivity index (χ1n) is 8.99. The van der Waals surface area contributed by atoms with Gasteiger partial charge in [0.15, 0.2) is 0 Å². The molecule has 2 saturated heterocycles. The molecule has 1 atom stereocenters. The average Bonchev–Trinajstić information content (AvgIpc) is 2.95. The minimum absolute atomic E-state index is 0.0947. The molecule has 2 amide bonds. The molecule has 1 aromatic heterocycles. The highest BCUT2D eigenvalue weighted by Gasteiger charge is 2.27. The number of nitrogens with zero attached hydrogens (tertiary/aromatic N) is 1. The number of ether oxygens (including phenoxy) is 1. The van der Waals surface area contributed by atoms with Crippen LogP contribution in [0, 0.1) is 13.8 Å². The Morgan fingerprint density at radius 1 is 1.32 bits per heavy atom. The molecule has 25 heavy (non-hydrogen) atoms. The molecular weight excluding hydrogens is 322 g/mol. The molecule has 7 nitrogen and oxygen atoms in total. The minimum Gasteiger partial charge on any atom is -0.466 e. The maximum Gasteiger partial charge on any atom is 0.255 e. The van der Waals surface area contributed by atoms with Crippen LogP contribution in [0.15, 0.2) is 10.5 Å². The fraction of sp³-hybridized carbons (Fsp3) is 0.667. The van der Waals surface area contributed by atoms with Crippen LogP contribution in [0.2, 0.25) is 0 Å². The van der Waals surface area contributed by atoms with E-state index >= 15 is 0 Å². The maximum absolute atomic E-state index is 12.4. The number of furan rings is 1. The van der Waals surface area contributed by atoms with E-state index in [9.17, 15) is 9.59 Å². The van der Waals surface area contributed by atoms with E-state index < -0.39 is 0 Å². The topological polar surface area (TPSA) is 83.8 Å². The summed E-state index contributed by atoms with van der Waals surface area (Å²) in [5, 5.41) is 6.37. The zero-order valence-electron chi connectivity index (χ0n) is 15.0. The Bertz CT molecular complexity index is 614. The van der Waals surface area contributed by atoms with E-state index in [-0.39, 0.29) is 23.9 Å². The van der Waals surface area contributed by atoms with Crippen molar-refractivity contribution in [1.29, 1.82) is 0 Å². The summed E-state index contributed by atoms with van der Waals surface area (Å²) in [5.74, 6) is 1.45. The highest BCUT2D eigenvalue weighted by molar-refractivity contribution is 5.95. The normalized spacial score (nSPS) is 22.0. The van der Waals surface area contributed by atoms with Gasteiger partial charge in [0.05, 0.1) is 18.8 Å². The standard InChI is InChI=1S/C18H27N3O4/c1-12-9-16(13(2)25-12)18(23)20-14-3-6-21(7-4-14)17(22)10-15-11-24-8-5-19-15/h9,14-15,19H,3-8,10-11H2,1-2H3,(H,20,23). The van der Waals surface area contributed by atoms with Gasteiger partial charge in [0, 0.05) is 38.1 Å². The van der Waals surface area contributed by atoms with E-state index in [0.29, 0.717) is 44.0 Å². The Balaban J connectivity index is 1.44. The molecular formula is C18H27N3O4. The van der Waals surface area contributed by atoms with Crippen molar-refractivity contribution in [3.8, 4) is 0 Å². The van der Waals surface area contributed by atoms with Gasteiger partial charge >= 0.3 is 0 Å². The zero-order chi connectivity index (χ0) is 17.8. The number of rotatable bonds is 4. The van der Waals surface area contributed by atoms with Crippen LogP contribution in [0.5, 0.6) is 0 Å². The molecule has 1 aromatic rings. The first-order valence-corrected chi connectivity index (χ1v) is 8.99. The Labute approximate surface area is 148 Å². The largest absolute Gasteiger partial charge is 0.466 e. The molecule has 2 fully saturated rings. The third-order valence-electron chi connectivity index (χ3n) is 4.89. The van der Waals surface area contributed by atoms with E-state index in [4.69, 9.17) is 9.15 Å². The van der Waals surface area contributed by atoms with Crippen molar-refractivity contribution in [2.75, 3.05) is 32.8 Å². The van der Waals surface area contributed by atoms with Crippen LogP contribution in [0.1, 0.15) is 41.1 Å². The molecule has 3 rings (SSSR count). The van der Waals surface area contributed by atoms with Crippen molar-refractivity contribution in [2.45, 2.75) is 45.2 Å². The Kier molecular flexibility index (Phi) is 5.75. The number of morpholine rings is 1. The zero-order valence-corrected chi connectivity index (χ0v) is 15.0. The average molecular weight is 349 g/mol. The van der Waals surface area contributed by atoms with Gasteiger partial charge in [0.1, 0.15) is 11.5 Å². The lowest BCUT2D eigenvalue weighted by atomic mass is 10.0. The molecule has 0 aliphatic carbocycles. The van der Waals surface area contributed by atoms with Crippen LogP contribution in [-0.4, -0.2) is 61.6 Å². The molecule has 138 valence electrons. The summed E-state index contributed by atoms with van der Waals surface area (Å²) >= 11 is 0. The molecule has 0 spiro atoms. The summed E-state index contributed by atoms with van der Waals surface area (Å²) in [7, 11) is 0. The number of aryl methyl sites for hydroxylation is 2. The summed E-state index contributed by atoms with van der Waals surface area (Å²) in [6, 6.07) is 1.98. The van der Waals surface area contributed by atoms with Crippen molar-refractivity contribution in [2.24, 2.45) is 0 Å². The van der Waals surface area contributed by atoms with Gasteiger partial charge in [-0.1, -0.05) is 0 Å². The van der Waals surface area contributed by atoms with Crippen molar-refractivity contribution in [3.05, 3.63) is 23.2 Å². The van der Waals surface area contributed by atoms with Gasteiger partial charge in [-0.05, 0) is 32.8 Å². The molecule has 3 heterocycles. The molecule has 0 bridgehead atoms. The number of amides is 2.